The van der Waals surface area contributed by atoms with Crippen LogP contribution in [0, 0.1) is 18.8 Å². The van der Waals surface area contributed by atoms with Crippen molar-refractivity contribution in [3.8, 4) is 11.4 Å². The second kappa shape index (κ2) is 9.13. The van der Waals surface area contributed by atoms with Crippen LogP contribution in [0.25, 0.3) is 11.4 Å². The van der Waals surface area contributed by atoms with Crippen molar-refractivity contribution in [2.75, 3.05) is 26.2 Å². The molecule has 178 valence electrons. The SMILES string of the molecule is Cc1ccc(-c2noc(CN3CCN(C(=O)[C@@H](C)N4C(=O)[C@H]5CC=CC[C@H]5C4=O)CC3)n2)cc1. The van der Waals surface area contributed by atoms with E-state index in [2.05, 4.69) is 15.0 Å². The molecule has 9 nitrogen and oxygen atoms in total. The molecule has 2 aliphatic heterocycles. The van der Waals surface area contributed by atoms with Gasteiger partial charge in [-0.25, -0.2) is 0 Å². The summed E-state index contributed by atoms with van der Waals surface area (Å²) in [6.07, 6.45) is 5.06. The minimum atomic E-state index is -0.773. The van der Waals surface area contributed by atoms with E-state index in [-0.39, 0.29) is 29.6 Å². The molecule has 0 unspecified atom stereocenters. The van der Waals surface area contributed by atoms with E-state index in [1.165, 1.54) is 10.5 Å². The topological polar surface area (TPSA) is 99.9 Å². The molecular weight excluding hydrogens is 434 g/mol. The van der Waals surface area contributed by atoms with Gasteiger partial charge < -0.3 is 9.42 Å². The third-order valence-electron chi connectivity index (χ3n) is 7.11. The number of amides is 3. The van der Waals surface area contributed by atoms with Crippen molar-refractivity contribution < 1.29 is 18.9 Å². The number of carbonyl (C=O) groups is 3. The van der Waals surface area contributed by atoms with Crippen molar-refractivity contribution in [1.29, 1.82) is 0 Å². The summed E-state index contributed by atoms with van der Waals surface area (Å²) in [5, 5.41) is 4.09. The highest BCUT2D eigenvalue weighted by molar-refractivity contribution is 6.08. The van der Waals surface area contributed by atoms with Crippen LogP contribution in [0.1, 0.15) is 31.2 Å². The Bertz CT molecular complexity index is 1090. The zero-order valence-electron chi connectivity index (χ0n) is 19.5. The Morgan fingerprint density at radius 2 is 1.65 bits per heavy atom. The number of allylic oxidation sites excluding steroid dienone is 2. The summed E-state index contributed by atoms with van der Waals surface area (Å²) >= 11 is 0. The van der Waals surface area contributed by atoms with Crippen LogP contribution in [0.15, 0.2) is 40.9 Å². The van der Waals surface area contributed by atoms with Gasteiger partial charge in [-0.15, -0.1) is 0 Å². The number of aromatic nitrogens is 2. The number of hydrogen-bond acceptors (Lipinski definition) is 7. The van der Waals surface area contributed by atoms with Gasteiger partial charge in [-0.1, -0.05) is 47.1 Å². The molecule has 3 heterocycles. The third kappa shape index (κ3) is 4.16. The molecular formula is C25H29N5O4. The van der Waals surface area contributed by atoms with Crippen LogP contribution in [0.3, 0.4) is 0 Å². The summed E-state index contributed by atoms with van der Waals surface area (Å²) in [7, 11) is 0. The van der Waals surface area contributed by atoms with Crippen molar-refractivity contribution in [3.05, 3.63) is 47.9 Å². The zero-order valence-corrected chi connectivity index (χ0v) is 19.5. The molecule has 1 aromatic heterocycles. The van der Waals surface area contributed by atoms with Gasteiger partial charge >= 0.3 is 0 Å². The Morgan fingerprint density at radius 3 is 2.26 bits per heavy atom. The number of nitrogens with zero attached hydrogens (tertiary/aromatic N) is 5. The molecule has 1 aromatic carbocycles. The maximum Gasteiger partial charge on any atom is 0.245 e. The molecule has 2 fully saturated rings. The average molecular weight is 464 g/mol. The van der Waals surface area contributed by atoms with Crippen LogP contribution in [-0.4, -0.2) is 74.8 Å². The lowest BCUT2D eigenvalue weighted by molar-refractivity contribution is -0.151. The number of likely N-dealkylation sites (tertiary alicyclic amines) is 1. The third-order valence-corrected chi connectivity index (χ3v) is 7.11. The predicted octanol–water partition coefficient (Wildman–Crippen LogP) is 2.03. The highest BCUT2D eigenvalue weighted by atomic mass is 16.5. The van der Waals surface area contributed by atoms with E-state index in [9.17, 15) is 14.4 Å². The lowest BCUT2D eigenvalue weighted by Crippen LogP contribution is -2.55. The fraction of sp³-hybridized carbons (Fsp3) is 0.480. The molecule has 9 heteroatoms. The monoisotopic (exact) mass is 463 g/mol. The smallest absolute Gasteiger partial charge is 0.245 e. The lowest BCUT2D eigenvalue weighted by atomic mass is 9.85. The maximum absolute atomic E-state index is 13.1. The largest absolute Gasteiger partial charge is 0.338 e. The summed E-state index contributed by atoms with van der Waals surface area (Å²) < 4.78 is 5.43. The first-order chi connectivity index (χ1) is 16.4. The zero-order chi connectivity index (χ0) is 23.8. The molecule has 0 N–H and O–H groups in total. The Balaban J connectivity index is 1.15. The van der Waals surface area contributed by atoms with Gasteiger partial charge in [0.2, 0.25) is 29.4 Å². The number of imide groups is 1. The predicted molar refractivity (Wildman–Crippen MR) is 123 cm³/mol. The molecule has 3 amide bonds. The Kier molecular flexibility index (Phi) is 6.03. The highest BCUT2D eigenvalue weighted by Gasteiger charge is 2.50. The molecule has 0 radical (unpaired) electrons. The highest BCUT2D eigenvalue weighted by Crippen LogP contribution is 2.36. The van der Waals surface area contributed by atoms with E-state index in [0.717, 1.165) is 5.56 Å². The van der Waals surface area contributed by atoms with E-state index >= 15 is 0 Å². The summed E-state index contributed by atoms with van der Waals surface area (Å²) in [5.41, 5.74) is 2.08. The van der Waals surface area contributed by atoms with Crippen molar-refractivity contribution in [1.82, 2.24) is 24.8 Å². The summed E-state index contributed by atoms with van der Waals surface area (Å²) in [4.78, 5) is 48.4. The molecule has 5 rings (SSSR count). The molecule has 2 aromatic rings. The molecule has 0 bridgehead atoms. The first-order valence-electron chi connectivity index (χ1n) is 11.8. The van der Waals surface area contributed by atoms with Gasteiger partial charge in [0, 0.05) is 31.7 Å². The number of rotatable bonds is 5. The van der Waals surface area contributed by atoms with Crippen molar-refractivity contribution >= 4 is 17.7 Å². The fourth-order valence-corrected chi connectivity index (χ4v) is 5.04. The second-order valence-electron chi connectivity index (χ2n) is 9.36. The van der Waals surface area contributed by atoms with Crippen molar-refractivity contribution in [3.63, 3.8) is 0 Å². The molecule has 2 saturated heterocycles. The number of fused-ring (bicyclic) bond motifs is 1. The molecule has 3 aliphatic rings. The van der Waals surface area contributed by atoms with Crippen LogP contribution in [0.5, 0.6) is 0 Å². The molecule has 34 heavy (non-hydrogen) atoms. The van der Waals surface area contributed by atoms with E-state index in [4.69, 9.17) is 4.52 Å². The summed E-state index contributed by atoms with van der Waals surface area (Å²) in [5.74, 6) is -0.124. The summed E-state index contributed by atoms with van der Waals surface area (Å²) in [6, 6.07) is 7.19. The van der Waals surface area contributed by atoms with E-state index in [0.29, 0.717) is 57.3 Å². The quantitative estimate of drug-likeness (QED) is 0.494. The standard InChI is InChI=1S/C25H29N5O4/c1-16-7-9-18(10-8-16)22-26-21(34-27-22)15-28-11-13-29(14-12-28)23(31)17(2)30-24(32)19-5-3-4-6-20(19)25(30)33/h3-4,7-10,17,19-20H,5-6,11-15H2,1-2H3/t17-,19-,20+/m1/s1. The first kappa shape index (κ1) is 22.5. The van der Waals surface area contributed by atoms with Gasteiger partial charge in [-0.3, -0.25) is 24.2 Å². The normalized spacial score (nSPS) is 23.9. The van der Waals surface area contributed by atoms with Gasteiger partial charge in [-0.05, 0) is 26.7 Å². The number of aryl methyl sites for hydroxylation is 1. The Labute approximate surface area is 198 Å². The number of benzene rings is 1. The number of hydrogen-bond donors (Lipinski definition) is 0. The van der Waals surface area contributed by atoms with Gasteiger partial charge in [0.05, 0.1) is 18.4 Å². The molecule has 1 aliphatic carbocycles. The Hall–Kier alpha value is -3.33. The average Bonchev–Trinajstić information content (AvgIpc) is 3.42. The van der Waals surface area contributed by atoms with Gasteiger partial charge in [0.15, 0.2) is 0 Å². The first-order valence-corrected chi connectivity index (χ1v) is 11.8. The van der Waals surface area contributed by atoms with Crippen LogP contribution < -0.4 is 0 Å². The van der Waals surface area contributed by atoms with Gasteiger partial charge in [0.1, 0.15) is 6.04 Å². The summed E-state index contributed by atoms with van der Waals surface area (Å²) in [6.45, 7) is 6.55. The number of piperazine rings is 1. The van der Waals surface area contributed by atoms with Crippen LogP contribution in [0.2, 0.25) is 0 Å². The molecule has 0 spiro atoms. The minimum Gasteiger partial charge on any atom is -0.338 e. The fourth-order valence-electron chi connectivity index (χ4n) is 5.04. The molecule has 3 atom stereocenters. The van der Waals surface area contributed by atoms with Crippen molar-refractivity contribution in [2.24, 2.45) is 11.8 Å². The van der Waals surface area contributed by atoms with Crippen LogP contribution >= 0.6 is 0 Å². The number of carbonyl (C=O) groups excluding carboxylic acids is 3. The van der Waals surface area contributed by atoms with E-state index in [1.54, 1.807) is 11.8 Å². The minimum absolute atomic E-state index is 0.174. The van der Waals surface area contributed by atoms with Crippen molar-refractivity contribution in [2.45, 2.75) is 39.3 Å². The van der Waals surface area contributed by atoms with Gasteiger partial charge in [-0.2, -0.15) is 4.98 Å². The van der Waals surface area contributed by atoms with E-state index < -0.39 is 6.04 Å². The Morgan fingerprint density at radius 1 is 1.03 bits per heavy atom. The van der Waals surface area contributed by atoms with Crippen LogP contribution in [0.4, 0.5) is 0 Å². The maximum atomic E-state index is 13.1. The molecule has 0 saturated carbocycles. The van der Waals surface area contributed by atoms with Gasteiger partial charge in [0.25, 0.3) is 0 Å². The lowest BCUT2D eigenvalue weighted by Gasteiger charge is -2.36. The van der Waals surface area contributed by atoms with Crippen LogP contribution in [-0.2, 0) is 20.9 Å². The van der Waals surface area contributed by atoms with E-state index in [1.807, 2.05) is 43.3 Å². The second-order valence-corrected chi connectivity index (χ2v) is 9.36.